The molecule has 3 rings (SSSR count). The van der Waals surface area contributed by atoms with Crippen LogP contribution in [0.15, 0.2) is 11.8 Å². The normalized spacial score (nSPS) is 38.2. The average Bonchev–Trinajstić information content (AvgIpc) is 2.87. The van der Waals surface area contributed by atoms with E-state index < -0.39 is 0 Å². The minimum absolute atomic E-state index is 0.0267. The van der Waals surface area contributed by atoms with Crippen LogP contribution in [0.4, 0.5) is 0 Å². The summed E-state index contributed by atoms with van der Waals surface area (Å²) >= 11 is 0. The molecule has 2 saturated carbocycles. The number of esters is 1. The van der Waals surface area contributed by atoms with E-state index in [1.165, 1.54) is 12.0 Å². The highest BCUT2D eigenvalue weighted by Gasteiger charge is 2.62. The summed E-state index contributed by atoms with van der Waals surface area (Å²) < 4.78 is 11.1. The Morgan fingerprint density at radius 3 is 3.00 bits per heavy atom. The van der Waals surface area contributed by atoms with Crippen molar-refractivity contribution in [3.63, 3.8) is 0 Å². The molecule has 0 radical (unpaired) electrons. The van der Waals surface area contributed by atoms with E-state index in [2.05, 4.69) is 13.8 Å². The summed E-state index contributed by atoms with van der Waals surface area (Å²) in [6.07, 6.45) is 7.38. The monoisotopic (exact) mass is 278 g/mol. The summed E-state index contributed by atoms with van der Waals surface area (Å²) in [6.45, 7) is 7.70. The fourth-order valence-electron chi connectivity index (χ4n) is 5.06. The van der Waals surface area contributed by atoms with Gasteiger partial charge in [0.15, 0.2) is 0 Å². The first-order valence-corrected chi connectivity index (χ1v) is 8.00. The molecular formula is C17H26O3. The van der Waals surface area contributed by atoms with Gasteiger partial charge in [0.25, 0.3) is 0 Å². The van der Waals surface area contributed by atoms with Gasteiger partial charge < -0.3 is 9.47 Å². The van der Waals surface area contributed by atoms with E-state index in [1.54, 1.807) is 0 Å². The van der Waals surface area contributed by atoms with Crippen LogP contribution in [0.5, 0.6) is 0 Å². The molecule has 1 aliphatic heterocycles. The van der Waals surface area contributed by atoms with E-state index >= 15 is 0 Å². The van der Waals surface area contributed by atoms with Crippen molar-refractivity contribution in [2.75, 3.05) is 13.2 Å². The molecule has 3 atom stereocenters. The molecular weight excluding hydrogens is 252 g/mol. The van der Waals surface area contributed by atoms with Gasteiger partial charge in [0, 0.05) is 5.92 Å². The Morgan fingerprint density at radius 2 is 2.25 bits per heavy atom. The van der Waals surface area contributed by atoms with Crippen LogP contribution in [0.25, 0.3) is 0 Å². The van der Waals surface area contributed by atoms with E-state index in [1.807, 2.05) is 13.2 Å². The van der Waals surface area contributed by atoms with Gasteiger partial charge in [-0.2, -0.15) is 0 Å². The van der Waals surface area contributed by atoms with Gasteiger partial charge in [-0.25, -0.2) is 0 Å². The van der Waals surface area contributed by atoms with Gasteiger partial charge >= 0.3 is 5.97 Å². The second-order valence-electron chi connectivity index (χ2n) is 7.27. The van der Waals surface area contributed by atoms with Crippen LogP contribution < -0.4 is 0 Å². The lowest BCUT2D eigenvalue weighted by molar-refractivity contribution is -0.177. The number of ether oxygens (including phenoxy) is 2. The lowest BCUT2D eigenvalue weighted by Gasteiger charge is -2.56. The summed E-state index contributed by atoms with van der Waals surface area (Å²) in [5, 5.41) is 0. The number of hydrogen-bond acceptors (Lipinski definition) is 3. The summed E-state index contributed by atoms with van der Waals surface area (Å²) in [6, 6.07) is 0. The molecule has 0 bridgehead atoms. The molecule has 0 spiro atoms. The van der Waals surface area contributed by atoms with E-state index in [0.29, 0.717) is 19.1 Å². The third-order valence-corrected chi connectivity index (χ3v) is 5.92. The third-order valence-electron chi connectivity index (χ3n) is 5.92. The number of rotatable bonds is 2. The highest BCUT2D eigenvalue weighted by atomic mass is 16.5. The topological polar surface area (TPSA) is 35.5 Å². The number of carbonyl (C=O) groups excluding carboxylic acids is 1. The predicted octanol–water partition coefficient (Wildman–Crippen LogP) is 3.69. The predicted molar refractivity (Wildman–Crippen MR) is 76.9 cm³/mol. The minimum atomic E-state index is -0.335. The van der Waals surface area contributed by atoms with Gasteiger partial charge in [-0.1, -0.05) is 20.3 Å². The zero-order valence-corrected chi connectivity index (χ0v) is 12.9. The lowest BCUT2D eigenvalue weighted by atomic mass is 9.47. The second-order valence-corrected chi connectivity index (χ2v) is 7.27. The molecule has 3 heteroatoms. The number of hydrogen-bond donors (Lipinski definition) is 0. The second kappa shape index (κ2) is 4.78. The Labute approximate surface area is 121 Å². The first kappa shape index (κ1) is 14.0. The first-order chi connectivity index (χ1) is 9.52. The van der Waals surface area contributed by atoms with Crippen molar-refractivity contribution in [1.29, 1.82) is 0 Å². The Morgan fingerprint density at radius 1 is 1.45 bits per heavy atom. The Kier molecular flexibility index (Phi) is 3.34. The van der Waals surface area contributed by atoms with Crippen LogP contribution in [-0.2, 0) is 14.3 Å². The zero-order valence-electron chi connectivity index (χ0n) is 12.9. The van der Waals surface area contributed by atoms with Crippen LogP contribution >= 0.6 is 0 Å². The molecule has 2 aliphatic carbocycles. The molecule has 0 unspecified atom stereocenters. The molecule has 0 aromatic carbocycles. The molecule has 0 amide bonds. The maximum atomic E-state index is 12.9. The van der Waals surface area contributed by atoms with Crippen molar-refractivity contribution in [3.8, 4) is 0 Å². The zero-order chi connectivity index (χ0) is 14.4. The van der Waals surface area contributed by atoms with Gasteiger partial charge in [0.2, 0.25) is 0 Å². The SMILES string of the molecule is CCOC(=O)[C@]12CCCC(C)(C)[C@@H]1CCC1=COC[C@@H]12. The lowest BCUT2D eigenvalue weighted by Crippen LogP contribution is -2.56. The Balaban J connectivity index is 2.04. The molecule has 3 nitrogen and oxygen atoms in total. The third kappa shape index (κ3) is 1.82. The first-order valence-electron chi connectivity index (χ1n) is 8.00. The highest BCUT2D eigenvalue weighted by molar-refractivity contribution is 5.79. The van der Waals surface area contributed by atoms with Gasteiger partial charge in [-0.3, -0.25) is 4.79 Å². The van der Waals surface area contributed by atoms with Crippen LogP contribution in [0.1, 0.15) is 52.9 Å². The standard InChI is InChI=1S/C17H26O3/c1-4-20-15(18)17-9-5-8-16(2,3)14(17)7-6-12-10-19-11-13(12)17/h10,13-14H,4-9,11H2,1-3H3/t13-,14-,17-/m0/s1. The van der Waals surface area contributed by atoms with Gasteiger partial charge in [-0.15, -0.1) is 0 Å². The summed E-state index contributed by atoms with van der Waals surface area (Å²) in [5.74, 6) is 0.699. The smallest absolute Gasteiger partial charge is 0.313 e. The van der Waals surface area contributed by atoms with Crippen LogP contribution in [0.3, 0.4) is 0 Å². The molecule has 0 aromatic rings. The van der Waals surface area contributed by atoms with Gasteiger partial charge in [-0.05, 0) is 49.5 Å². The fraction of sp³-hybridized carbons (Fsp3) is 0.824. The van der Waals surface area contributed by atoms with E-state index in [4.69, 9.17) is 9.47 Å². The van der Waals surface area contributed by atoms with Gasteiger partial charge in [0.05, 0.1) is 24.9 Å². The molecule has 0 aromatic heterocycles. The highest BCUT2D eigenvalue weighted by Crippen LogP contribution is 2.62. The molecule has 2 fully saturated rings. The van der Waals surface area contributed by atoms with E-state index in [0.717, 1.165) is 25.7 Å². The summed E-state index contributed by atoms with van der Waals surface area (Å²) in [4.78, 5) is 12.9. The van der Waals surface area contributed by atoms with Crippen LogP contribution in [-0.4, -0.2) is 19.2 Å². The maximum Gasteiger partial charge on any atom is 0.313 e. The van der Waals surface area contributed by atoms with Crippen molar-refractivity contribution in [1.82, 2.24) is 0 Å². The van der Waals surface area contributed by atoms with Crippen molar-refractivity contribution >= 4 is 5.97 Å². The molecule has 112 valence electrons. The van der Waals surface area contributed by atoms with Crippen molar-refractivity contribution < 1.29 is 14.3 Å². The molecule has 0 N–H and O–H groups in total. The minimum Gasteiger partial charge on any atom is -0.501 e. The van der Waals surface area contributed by atoms with Crippen LogP contribution in [0, 0.1) is 22.7 Å². The molecule has 20 heavy (non-hydrogen) atoms. The van der Waals surface area contributed by atoms with Crippen molar-refractivity contribution in [3.05, 3.63) is 11.8 Å². The van der Waals surface area contributed by atoms with Crippen LogP contribution in [0.2, 0.25) is 0 Å². The Hall–Kier alpha value is -0.990. The molecule has 3 aliphatic rings. The summed E-state index contributed by atoms with van der Waals surface area (Å²) in [7, 11) is 0. The number of fused-ring (bicyclic) bond motifs is 3. The summed E-state index contributed by atoms with van der Waals surface area (Å²) in [5.41, 5.74) is 1.23. The Bertz CT molecular complexity index is 438. The van der Waals surface area contributed by atoms with Crippen molar-refractivity contribution in [2.24, 2.45) is 22.7 Å². The maximum absolute atomic E-state index is 12.9. The van der Waals surface area contributed by atoms with Crippen molar-refractivity contribution in [2.45, 2.75) is 52.9 Å². The largest absolute Gasteiger partial charge is 0.501 e. The molecule has 1 heterocycles. The average molecular weight is 278 g/mol. The van der Waals surface area contributed by atoms with E-state index in [9.17, 15) is 4.79 Å². The molecule has 0 saturated heterocycles. The quantitative estimate of drug-likeness (QED) is 0.723. The van der Waals surface area contributed by atoms with Gasteiger partial charge in [0.1, 0.15) is 0 Å². The van der Waals surface area contributed by atoms with E-state index in [-0.39, 0.29) is 22.7 Å². The fourth-order valence-corrected chi connectivity index (χ4v) is 5.06. The number of carbonyl (C=O) groups is 1.